The second-order valence-corrected chi connectivity index (χ2v) is 7.58. The van der Waals surface area contributed by atoms with Crippen LogP contribution < -0.4 is 10.4 Å². The van der Waals surface area contributed by atoms with E-state index in [4.69, 9.17) is 32.4 Å². The number of halogens is 2. The van der Waals surface area contributed by atoms with Crippen molar-refractivity contribution < 1.29 is 23.5 Å². The fraction of sp³-hybridized carbons (Fsp3) is 0.0870. The van der Waals surface area contributed by atoms with Crippen molar-refractivity contribution in [2.45, 2.75) is 6.92 Å². The number of esters is 1. The maximum absolute atomic E-state index is 12.7. The van der Waals surface area contributed by atoms with Crippen molar-refractivity contribution in [1.82, 2.24) is 5.43 Å². The lowest BCUT2D eigenvalue weighted by Crippen LogP contribution is -2.35. The van der Waals surface area contributed by atoms with Crippen LogP contribution in [0.5, 0.6) is 0 Å². The maximum Gasteiger partial charge on any atom is 0.339 e. The summed E-state index contributed by atoms with van der Waals surface area (Å²) in [5.41, 5.74) is 3.71. The van der Waals surface area contributed by atoms with Gasteiger partial charge in [0.25, 0.3) is 11.8 Å². The van der Waals surface area contributed by atoms with Gasteiger partial charge in [-0.05, 0) is 67.6 Å². The number of hydrazine groups is 1. The third-order valence-corrected chi connectivity index (χ3v) is 5.22. The monoisotopic (exact) mass is 470 g/mol. The van der Waals surface area contributed by atoms with Gasteiger partial charge in [0.2, 0.25) is 0 Å². The highest BCUT2D eigenvalue weighted by Gasteiger charge is 2.34. The summed E-state index contributed by atoms with van der Waals surface area (Å²) < 4.78 is 10.8. The van der Waals surface area contributed by atoms with Crippen molar-refractivity contribution in [3.8, 4) is 11.3 Å². The first-order chi connectivity index (χ1) is 15.4. The molecule has 1 N–H and O–H groups in total. The lowest BCUT2D eigenvalue weighted by Gasteiger charge is -2.14. The molecule has 4 rings (SSSR count). The Morgan fingerprint density at radius 3 is 2.56 bits per heavy atom. The van der Waals surface area contributed by atoms with Crippen molar-refractivity contribution in [3.05, 3.63) is 81.5 Å². The number of hydrogen-bond donors (Lipinski definition) is 1. The fourth-order valence-corrected chi connectivity index (χ4v) is 3.42. The Morgan fingerprint density at radius 1 is 1.09 bits per heavy atom. The van der Waals surface area contributed by atoms with Crippen LogP contribution in [0, 0.1) is 0 Å². The first-order valence-corrected chi connectivity index (χ1v) is 10.3. The van der Waals surface area contributed by atoms with Crippen molar-refractivity contribution in [2.24, 2.45) is 0 Å². The van der Waals surface area contributed by atoms with E-state index in [2.05, 4.69) is 5.43 Å². The molecule has 1 fully saturated rings. The smallest absolute Gasteiger partial charge is 0.339 e. The zero-order valence-electron chi connectivity index (χ0n) is 16.7. The van der Waals surface area contributed by atoms with Crippen molar-refractivity contribution in [2.75, 3.05) is 11.6 Å². The average Bonchev–Trinajstić information content (AvgIpc) is 3.35. The minimum absolute atomic E-state index is 0.0795. The number of rotatable bonds is 5. The van der Waals surface area contributed by atoms with Gasteiger partial charge in [-0.25, -0.2) is 9.80 Å². The number of hydrogen-bond acceptors (Lipinski definition) is 5. The van der Waals surface area contributed by atoms with Gasteiger partial charge in [-0.15, -0.1) is 0 Å². The summed E-state index contributed by atoms with van der Waals surface area (Å²) >= 11 is 12.0. The van der Waals surface area contributed by atoms with Gasteiger partial charge in [0.05, 0.1) is 22.9 Å². The molecule has 0 unspecified atom stereocenters. The number of carbonyl (C=O) groups excluding carboxylic acids is 3. The first kappa shape index (κ1) is 21.7. The van der Waals surface area contributed by atoms with E-state index < -0.39 is 17.8 Å². The van der Waals surface area contributed by atoms with Gasteiger partial charge in [0.15, 0.2) is 0 Å². The van der Waals surface area contributed by atoms with Crippen LogP contribution in [0.2, 0.25) is 10.0 Å². The maximum atomic E-state index is 12.7. The predicted molar refractivity (Wildman–Crippen MR) is 120 cm³/mol. The molecule has 0 atom stereocenters. The molecule has 2 heterocycles. The van der Waals surface area contributed by atoms with E-state index in [-0.39, 0.29) is 22.8 Å². The Balaban J connectivity index is 1.60. The molecule has 0 saturated carbocycles. The second-order valence-electron chi connectivity index (χ2n) is 6.73. The van der Waals surface area contributed by atoms with E-state index in [1.54, 1.807) is 61.5 Å². The molecule has 9 heteroatoms. The zero-order valence-corrected chi connectivity index (χ0v) is 18.2. The van der Waals surface area contributed by atoms with Gasteiger partial charge in [-0.3, -0.25) is 15.0 Å². The standard InChI is InChI=1S/C23H16Cl2N2O5/c1-2-31-23(30)17-11-13(3-9-19(17)25)20-10-8-16(32-20)12-18-21(28)26-27(22(18)29)15-6-4-14(24)5-7-15/h3-12H,2H2,1H3,(H,26,28)/b18-12-. The molecule has 0 radical (unpaired) electrons. The Hall–Kier alpha value is -3.55. The van der Waals surface area contributed by atoms with Gasteiger partial charge < -0.3 is 9.15 Å². The highest BCUT2D eigenvalue weighted by Crippen LogP contribution is 2.29. The van der Waals surface area contributed by atoms with E-state index in [0.717, 1.165) is 5.01 Å². The number of nitrogens with one attached hydrogen (secondary N) is 1. The third-order valence-electron chi connectivity index (χ3n) is 4.64. The van der Waals surface area contributed by atoms with E-state index in [9.17, 15) is 14.4 Å². The molecular weight excluding hydrogens is 455 g/mol. The summed E-state index contributed by atoms with van der Waals surface area (Å²) in [6.07, 6.45) is 1.36. The summed E-state index contributed by atoms with van der Waals surface area (Å²) in [5, 5.41) is 1.91. The molecule has 32 heavy (non-hydrogen) atoms. The molecule has 1 aliphatic heterocycles. The highest BCUT2D eigenvalue weighted by atomic mass is 35.5. The molecular formula is C23H16Cl2N2O5. The van der Waals surface area contributed by atoms with Crippen molar-refractivity contribution in [1.29, 1.82) is 0 Å². The van der Waals surface area contributed by atoms with Crippen LogP contribution in [0.25, 0.3) is 17.4 Å². The molecule has 1 saturated heterocycles. The molecule has 1 aliphatic rings. The quantitative estimate of drug-likeness (QED) is 0.325. The summed E-state index contributed by atoms with van der Waals surface area (Å²) in [5.74, 6) is -0.891. The molecule has 7 nitrogen and oxygen atoms in total. The van der Waals surface area contributed by atoms with E-state index >= 15 is 0 Å². The molecule has 1 aromatic heterocycles. The normalized spacial score (nSPS) is 14.7. The SMILES string of the molecule is CCOC(=O)c1cc(-c2ccc(/C=C3/C(=O)NN(c4ccc(Cl)cc4)C3=O)o2)ccc1Cl. The lowest BCUT2D eigenvalue weighted by molar-refractivity contribution is -0.117. The Bertz CT molecular complexity index is 1250. The van der Waals surface area contributed by atoms with Crippen LogP contribution in [0.15, 0.2) is 64.6 Å². The van der Waals surface area contributed by atoms with Gasteiger partial charge in [0, 0.05) is 10.6 Å². The first-order valence-electron chi connectivity index (χ1n) is 9.57. The molecule has 2 amide bonds. The van der Waals surface area contributed by atoms with Crippen molar-refractivity contribution in [3.63, 3.8) is 0 Å². The average molecular weight is 471 g/mol. The zero-order chi connectivity index (χ0) is 22.8. The second kappa shape index (κ2) is 8.90. The fourth-order valence-electron chi connectivity index (χ4n) is 3.10. The highest BCUT2D eigenvalue weighted by molar-refractivity contribution is 6.34. The van der Waals surface area contributed by atoms with E-state index in [1.807, 2.05) is 0 Å². The minimum Gasteiger partial charge on any atom is -0.462 e. The number of furan rings is 1. The Morgan fingerprint density at radius 2 is 1.84 bits per heavy atom. The van der Waals surface area contributed by atoms with Crippen LogP contribution in [-0.4, -0.2) is 24.4 Å². The number of anilines is 1. The number of nitrogens with zero attached hydrogens (tertiary/aromatic N) is 1. The molecule has 0 bridgehead atoms. The number of amides is 2. The minimum atomic E-state index is -0.556. The lowest BCUT2D eigenvalue weighted by atomic mass is 10.1. The van der Waals surface area contributed by atoms with E-state index in [0.29, 0.717) is 27.8 Å². The Labute approximate surface area is 193 Å². The number of ether oxygens (including phenoxy) is 1. The molecule has 162 valence electrons. The molecule has 0 aliphatic carbocycles. The number of carbonyl (C=O) groups is 3. The van der Waals surface area contributed by atoms with Gasteiger partial charge in [-0.2, -0.15) is 0 Å². The van der Waals surface area contributed by atoms with Crippen LogP contribution in [0.3, 0.4) is 0 Å². The van der Waals surface area contributed by atoms with Crippen molar-refractivity contribution >= 4 is 52.7 Å². The van der Waals surface area contributed by atoms with Crippen LogP contribution in [0.4, 0.5) is 5.69 Å². The summed E-state index contributed by atoms with van der Waals surface area (Å²) in [4.78, 5) is 37.2. The van der Waals surface area contributed by atoms with Gasteiger partial charge in [0.1, 0.15) is 17.1 Å². The predicted octanol–water partition coefficient (Wildman–Crippen LogP) is 4.89. The number of benzene rings is 2. The topological polar surface area (TPSA) is 88.9 Å². The molecule has 0 spiro atoms. The van der Waals surface area contributed by atoms with E-state index in [1.165, 1.54) is 6.08 Å². The summed E-state index contributed by atoms with van der Waals surface area (Å²) in [6.45, 7) is 1.93. The third kappa shape index (κ3) is 4.26. The van der Waals surface area contributed by atoms with Crippen LogP contribution in [0.1, 0.15) is 23.0 Å². The summed E-state index contributed by atoms with van der Waals surface area (Å²) in [6, 6.07) is 14.6. The summed E-state index contributed by atoms with van der Waals surface area (Å²) in [7, 11) is 0. The largest absolute Gasteiger partial charge is 0.462 e. The molecule has 3 aromatic rings. The Kier molecular flexibility index (Phi) is 6.03. The van der Waals surface area contributed by atoms with Crippen LogP contribution >= 0.6 is 23.2 Å². The van der Waals surface area contributed by atoms with Gasteiger partial charge in [-0.1, -0.05) is 23.2 Å². The molecule has 2 aromatic carbocycles. The van der Waals surface area contributed by atoms with Crippen LogP contribution in [-0.2, 0) is 14.3 Å². The van der Waals surface area contributed by atoms with Gasteiger partial charge >= 0.3 is 5.97 Å².